The number of aromatic nitrogens is 3. The van der Waals surface area contributed by atoms with Gasteiger partial charge in [0.25, 0.3) is 0 Å². The maximum absolute atomic E-state index is 5.84. The summed E-state index contributed by atoms with van der Waals surface area (Å²) in [5.74, 6) is 1.61. The van der Waals surface area contributed by atoms with Crippen LogP contribution in [0.4, 0.5) is 0 Å². The van der Waals surface area contributed by atoms with E-state index in [2.05, 4.69) is 44.2 Å². The predicted octanol–water partition coefficient (Wildman–Crippen LogP) is 4.93. The van der Waals surface area contributed by atoms with Gasteiger partial charge in [0, 0.05) is 30.2 Å². The Morgan fingerprint density at radius 2 is 2.00 bits per heavy atom. The van der Waals surface area contributed by atoms with Gasteiger partial charge in [0.05, 0.1) is 6.33 Å². The minimum atomic E-state index is 0.419. The van der Waals surface area contributed by atoms with Crippen molar-refractivity contribution < 1.29 is 9.15 Å². The first kappa shape index (κ1) is 18.5. The number of hydrogen-bond donors (Lipinski definition) is 0. The van der Waals surface area contributed by atoms with Crippen molar-refractivity contribution in [3.8, 4) is 5.75 Å². The summed E-state index contributed by atoms with van der Waals surface area (Å²) < 4.78 is 13.5. The lowest BCUT2D eigenvalue weighted by Gasteiger charge is -2.06. The van der Waals surface area contributed by atoms with Gasteiger partial charge in [0.1, 0.15) is 24.3 Å². The summed E-state index contributed by atoms with van der Waals surface area (Å²) in [5, 5.41) is 2.09. The summed E-state index contributed by atoms with van der Waals surface area (Å²) in [6.45, 7) is 1.40. The van der Waals surface area contributed by atoms with Crippen LogP contribution in [0.15, 0.2) is 71.2 Å². The largest absolute Gasteiger partial charge is 0.487 e. The van der Waals surface area contributed by atoms with Gasteiger partial charge in [-0.25, -0.2) is 9.97 Å². The van der Waals surface area contributed by atoms with Gasteiger partial charge in [0.2, 0.25) is 0 Å². The molecule has 144 valence electrons. The molecular weight excluding hydrogens is 370 g/mol. The van der Waals surface area contributed by atoms with Gasteiger partial charge in [-0.15, -0.1) is 11.3 Å². The Morgan fingerprint density at radius 3 is 2.79 bits per heavy atom. The third kappa shape index (κ3) is 5.33. The number of thiophene rings is 1. The number of imidazole rings is 1. The zero-order chi connectivity index (χ0) is 19.0. The maximum atomic E-state index is 5.84. The van der Waals surface area contributed by atoms with E-state index in [1.165, 1.54) is 10.4 Å². The third-order valence-electron chi connectivity index (χ3n) is 4.52. The molecule has 0 amide bonds. The average Bonchev–Trinajstić information content (AvgIpc) is 3.48. The van der Waals surface area contributed by atoms with Crippen molar-refractivity contribution in [2.45, 2.75) is 38.8 Å². The van der Waals surface area contributed by atoms with Gasteiger partial charge in [-0.1, -0.05) is 18.2 Å². The molecule has 0 saturated carbocycles. The Morgan fingerprint density at radius 1 is 1.07 bits per heavy atom. The van der Waals surface area contributed by atoms with Crippen LogP contribution >= 0.6 is 11.3 Å². The van der Waals surface area contributed by atoms with Crippen molar-refractivity contribution in [2.75, 3.05) is 0 Å². The van der Waals surface area contributed by atoms with Gasteiger partial charge in [-0.05, 0) is 48.4 Å². The first-order valence-electron chi connectivity index (χ1n) is 9.48. The third-order valence-corrected chi connectivity index (χ3v) is 5.45. The van der Waals surface area contributed by atoms with E-state index in [9.17, 15) is 0 Å². The van der Waals surface area contributed by atoms with Gasteiger partial charge in [0.15, 0.2) is 5.89 Å². The normalized spacial score (nSPS) is 11.0. The van der Waals surface area contributed by atoms with E-state index >= 15 is 0 Å². The zero-order valence-electron chi connectivity index (χ0n) is 15.7. The van der Waals surface area contributed by atoms with Crippen LogP contribution in [0, 0.1) is 0 Å². The number of hydrogen-bond acceptors (Lipinski definition) is 5. The standard InChI is InChI=1S/C22H23N3O2S/c1(12-25-13-11-23-17-25)3-18-5-7-20(8-6-18)26-15-19-16-27-22(24-19)10-9-21-4-2-14-28-21/h2,4-8,11,13-14,16-17H,1,3,9-10,12,15H2. The summed E-state index contributed by atoms with van der Waals surface area (Å²) in [7, 11) is 0. The van der Waals surface area contributed by atoms with Crippen molar-refractivity contribution in [3.05, 3.63) is 88.8 Å². The molecule has 0 saturated heterocycles. The molecule has 0 atom stereocenters. The number of benzene rings is 1. The molecule has 0 radical (unpaired) electrons. The Bertz CT molecular complexity index is 944. The Kier molecular flexibility index (Phi) is 6.19. The molecule has 0 aliphatic carbocycles. The van der Waals surface area contributed by atoms with Crippen LogP contribution in [0.2, 0.25) is 0 Å². The lowest BCUT2D eigenvalue weighted by Crippen LogP contribution is -1.98. The molecule has 0 bridgehead atoms. The average molecular weight is 394 g/mol. The highest BCUT2D eigenvalue weighted by atomic mass is 32.1. The summed E-state index contributed by atoms with van der Waals surface area (Å²) in [6, 6.07) is 12.5. The van der Waals surface area contributed by atoms with Gasteiger partial charge < -0.3 is 13.7 Å². The highest BCUT2D eigenvalue weighted by Crippen LogP contribution is 2.16. The fraction of sp³-hybridized carbons (Fsp3) is 0.273. The minimum absolute atomic E-state index is 0.419. The quantitative estimate of drug-likeness (QED) is 0.383. The molecule has 0 spiro atoms. The highest BCUT2D eigenvalue weighted by Gasteiger charge is 2.06. The van der Waals surface area contributed by atoms with Crippen LogP contribution in [0.5, 0.6) is 5.75 Å². The van der Waals surface area contributed by atoms with Crippen molar-refractivity contribution in [3.63, 3.8) is 0 Å². The maximum Gasteiger partial charge on any atom is 0.194 e. The minimum Gasteiger partial charge on any atom is -0.487 e. The number of rotatable bonds is 10. The SMILES string of the molecule is c1csc(CCc2nc(COc3ccc(CCCn4ccnc4)cc3)co2)c1. The monoisotopic (exact) mass is 393 g/mol. The van der Waals surface area contributed by atoms with E-state index in [4.69, 9.17) is 9.15 Å². The molecule has 3 aromatic heterocycles. The van der Waals surface area contributed by atoms with Crippen LogP contribution in [-0.2, 0) is 32.4 Å². The number of ether oxygens (including phenoxy) is 1. The molecule has 28 heavy (non-hydrogen) atoms. The molecule has 4 aromatic rings. The Labute approximate surface area is 168 Å². The molecule has 0 fully saturated rings. The Hall–Kier alpha value is -2.86. The predicted molar refractivity (Wildman–Crippen MR) is 110 cm³/mol. The molecule has 0 unspecified atom stereocenters. The number of aryl methyl sites for hydroxylation is 4. The summed E-state index contributed by atoms with van der Waals surface area (Å²) in [4.78, 5) is 9.92. The molecule has 3 heterocycles. The number of nitrogens with zero attached hydrogens (tertiary/aromatic N) is 3. The second kappa shape index (κ2) is 9.37. The molecular formula is C22H23N3O2S. The van der Waals surface area contributed by atoms with E-state index in [0.717, 1.165) is 49.6 Å². The lowest BCUT2D eigenvalue weighted by atomic mass is 10.1. The van der Waals surface area contributed by atoms with Crippen molar-refractivity contribution in [1.82, 2.24) is 14.5 Å². The van der Waals surface area contributed by atoms with Crippen LogP contribution in [-0.4, -0.2) is 14.5 Å². The topological polar surface area (TPSA) is 53.1 Å². The van der Waals surface area contributed by atoms with Gasteiger partial charge in [-0.2, -0.15) is 0 Å². The highest BCUT2D eigenvalue weighted by molar-refractivity contribution is 7.09. The molecule has 4 rings (SSSR count). The molecule has 1 aromatic carbocycles. The molecule has 5 nitrogen and oxygen atoms in total. The van der Waals surface area contributed by atoms with E-state index in [-0.39, 0.29) is 0 Å². The van der Waals surface area contributed by atoms with Crippen molar-refractivity contribution >= 4 is 11.3 Å². The fourth-order valence-corrected chi connectivity index (χ4v) is 3.72. The van der Waals surface area contributed by atoms with Gasteiger partial charge >= 0.3 is 0 Å². The van der Waals surface area contributed by atoms with E-state index in [0.29, 0.717) is 6.61 Å². The summed E-state index contributed by atoms with van der Waals surface area (Å²) in [6.07, 6.45) is 11.2. The Balaban J connectivity index is 1.20. The summed E-state index contributed by atoms with van der Waals surface area (Å²) >= 11 is 1.76. The molecule has 6 heteroatoms. The van der Waals surface area contributed by atoms with E-state index < -0.39 is 0 Å². The van der Waals surface area contributed by atoms with Crippen LogP contribution in [0.1, 0.15) is 28.4 Å². The van der Waals surface area contributed by atoms with E-state index in [1.54, 1.807) is 17.6 Å². The van der Waals surface area contributed by atoms with Crippen molar-refractivity contribution in [1.29, 1.82) is 0 Å². The smallest absolute Gasteiger partial charge is 0.194 e. The molecule has 0 aliphatic rings. The van der Waals surface area contributed by atoms with Crippen LogP contribution in [0.25, 0.3) is 0 Å². The van der Waals surface area contributed by atoms with Crippen LogP contribution in [0.3, 0.4) is 0 Å². The van der Waals surface area contributed by atoms with Crippen molar-refractivity contribution in [2.24, 2.45) is 0 Å². The second-order valence-corrected chi connectivity index (χ2v) is 7.68. The second-order valence-electron chi connectivity index (χ2n) is 6.65. The van der Waals surface area contributed by atoms with Gasteiger partial charge in [-0.3, -0.25) is 0 Å². The lowest BCUT2D eigenvalue weighted by molar-refractivity contribution is 0.301. The zero-order valence-corrected chi connectivity index (χ0v) is 16.5. The van der Waals surface area contributed by atoms with E-state index in [1.807, 2.05) is 30.9 Å². The molecule has 0 aliphatic heterocycles. The first-order chi connectivity index (χ1) is 13.8. The summed E-state index contributed by atoms with van der Waals surface area (Å²) in [5.41, 5.74) is 2.13. The van der Waals surface area contributed by atoms with Crippen LogP contribution < -0.4 is 4.74 Å². The first-order valence-corrected chi connectivity index (χ1v) is 10.4. The molecule has 0 N–H and O–H groups in total. The fourth-order valence-electron chi connectivity index (χ4n) is 3.01. The number of oxazole rings is 1.